The lowest BCUT2D eigenvalue weighted by atomic mass is 9.93. The molecule has 160 valence electrons. The fourth-order valence-corrected chi connectivity index (χ4v) is 3.45. The van der Waals surface area contributed by atoms with Crippen LogP contribution in [0.2, 0.25) is 0 Å². The van der Waals surface area contributed by atoms with E-state index in [2.05, 4.69) is 20.8 Å². The van der Waals surface area contributed by atoms with Gasteiger partial charge in [-0.05, 0) is 55.2 Å². The fourth-order valence-electron chi connectivity index (χ4n) is 3.45. The van der Waals surface area contributed by atoms with Crippen LogP contribution in [0.5, 0.6) is 5.75 Å². The molecule has 0 unspecified atom stereocenters. The van der Waals surface area contributed by atoms with Crippen LogP contribution in [0.25, 0.3) is 23.1 Å². The lowest BCUT2D eigenvalue weighted by Crippen LogP contribution is -2.44. The molecular formula is C23H23FN4O3. The van der Waals surface area contributed by atoms with Gasteiger partial charge < -0.3 is 15.4 Å². The van der Waals surface area contributed by atoms with Gasteiger partial charge in [0.1, 0.15) is 11.6 Å². The number of nitrogens with one attached hydrogen (secondary N) is 3. The lowest BCUT2D eigenvalue weighted by molar-refractivity contribution is -0.121. The molecule has 2 aromatic carbocycles. The van der Waals surface area contributed by atoms with Gasteiger partial charge >= 0.3 is 0 Å². The first-order chi connectivity index (χ1) is 15.0. The number of H-pyrrole nitrogens is 1. The van der Waals surface area contributed by atoms with Gasteiger partial charge in [0.2, 0.25) is 5.91 Å². The summed E-state index contributed by atoms with van der Waals surface area (Å²) in [6, 6.07) is 9.67. The SMILES string of the molecule is COc1c(C(=O)NCC(=O)NC2CCC2)ccc2[nH]nc(C=Cc3ccc(F)cc3)c12. The third-order valence-electron chi connectivity index (χ3n) is 5.34. The molecule has 31 heavy (non-hydrogen) atoms. The number of rotatable bonds is 7. The molecule has 1 aliphatic carbocycles. The van der Waals surface area contributed by atoms with Crippen molar-refractivity contribution < 1.29 is 18.7 Å². The normalized spacial score (nSPS) is 13.9. The summed E-state index contributed by atoms with van der Waals surface area (Å²) in [6.45, 7) is -0.0980. The predicted octanol–water partition coefficient (Wildman–Crippen LogP) is 3.28. The quantitative estimate of drug-likeness (QED) is 0.545. The van der Waals surface area contributed by atoms with Crippen LogP contribution in [0.15, 0.2) is 36.4 Å². The van der Waals surface area contributed by atoms with E-state index in [-0.39, 0.29) is 24.3 Å². The van der Waals surface area contributed by atoms with Crippen molar-refractivity contribution in [1.82, 2.24) is 20.8 Å². The third-order valence-corrected chi connectivity index (χ3v) is 5.34. The van der Waals surface area contributed by atoms with Crippen molar-refractivity contribution >= 4 is 34.9 Å². The lowest BCUT2D eigenvalue weighted by Gasteiger charge is -2.26. The van der Waals surface area contributed by atoms with Crippen LogP contribution in [-0.4, -0.2) is 41.7 Å². The number of aromatic nitrogens is 2. The smallest absolute Gasteiger partial charge is 0.255 e. The summed E-state index contributed by atoms with van der Waals surface area (Å²) >= 11 is 0. The maximum Gasteiger partial charge on any atom is 0.255 e. The molecule has 1 heterocycles. The van der Waals surface area contributed by atoms with Gasteiger partial charge in [0, 0.05) is 6.04 Å². The van der Waals surface area contributed by atoms with Crippen molar-refractivity contribution in [3.8, 4) is 5.75 Å². The molecule has 0 spiro atoms. The summed E-state index contributed by atoms with van der Waals surface area (Å²) in [5.41, 5.74) is 2.40. The third kappa shape index (κ3) is 4.58. The molecule has 0 atom stereocenters. The van der Waals surface area contributed by atoms with Crippen molar-refractivity contribution in [3.05, 3.63) is 59.0 Å². The maximum atomic E-state index is 13.1. The Labute approximate surface area is 178 Å². The average Bonchev–Trinajstić information content (AvgIpc) is 3.16. The number of hydrogen-bond acceptors (Lipinski definition) is 4. The van der Waals surface area contributed by atoms with E-state index in [0.29, 0.717) is 27.9 Å². The number of carbonyl (C=O) groups excluding carboxylic acids is 2. The van der Waals surface area contributed by atoms with Crippen molar-refractivity contribution in [2.75, 3.05) is 13.7 Å². The molecule has 8 heteroatoms. The largest absolute Gasteiger partial charge is 0.495 e. The molecule has 1 aliphatic rings. The zero-order chi connectivity index (χ0) is 21.8. The van der Waals surface area contributed by atoms with Gasteiger partial charge in [0.15, 0.2) is 0 Å². The Hall–Kier alpha value is -3.68. The monoisotopic (exact) mass is 422 g/mol. The first kappa shape index (κ1) is 20.6. The van der Waals surface area contributed by atoms with Crippen molar-refractivity contribution in [2.45, 2.75) is 25.3 Å². The number of carbonyl (C=O) groups is 2. The van der Waals surface area contributed by atoms with E-state index in [1.54, 1.807) is 36.4 Å². The number of ether oxygens (including phenoxy) is 1. The van der Waals surface area contributed by atoms with Crippen LogP contribution < -0.4 is 15.4 Å². The molecule has 1 aromatic heterocycles. The molecule has 1 fully saturated rings. The Kier molecular flexibility index (Phi) is 5.97. The Bertz CT molecular complexity index is 1130. The summed E-state index contributed by atoms with van der Waals surface area (Å²) in [7, 11) is 1.48. The van der Waals surface area contributed by atoms with Crippen molar-refractivity contribution in [3.63, 3.8) is 0 Å². The molecule has 2 amide bonds. The number of hydrogen-bond donors (Lipinski definition) is 3. The summed E-state index contributed by atoms with van der Waals surface area (Å²) in [4.78, 5) is 24.7. The molecule has 1 saturated carbocycles. The second kappa shape index (κ2) is 8.99. The van der Waals surface area contributed by atoms with E-state index >= 15 is 0 Å². The molecular weight excluding hydrogens is 399 g/mol. The highest BCUT2D eigenvalue weighted by molar-refractivity contribution is 6.06. The molecule has 0 aliphatic heterocycles. The van der Waals surface area contributed by atoms with Gasteiger partial charge in [-0.1, -0.05) is 18.2 Å². The second-order valence-electron chi connectivity index (χ2n) is 7.44. The standard InChI is InChI=1S/C23H23FN4O3/c1-31-22-17(23(30)25-13-20(29)26-16-3-2-4-16)10-12-19-21(22)18(27-28-19)11-7-14-5-8-15(24)9-6-14/h5-12,16H,2-4,13H2,1H3,(H,25,30)(H,26,29)(H,27,28). The second-order valence-corrected chi connectivity index (χ2v) is 7.44. The van der Waals surface area contributed by atoms with Gasteiger partial charge in [-0.2, -0.15) is 5.10 Å². The molecule has 0 saturated heterocycles. The highest BCUT2D eigenvalue weighted by atomic mass is 19.1. The van der Waals surface area contributed by atoms with E-state index < -0.39 is 5.91 Å². The zero-order valence-electron chi connectivity index (χ0n) is 17.1. The minimum absolute atomic E-state index is 0.0980. The average molecular weight is 422 g/mol. The van der Waals surface area contributed by atoms with Crippen LogP contribution in [-0.2, 0) is 4.79 Å². The summed E-state index contributed by atoms with van der Waals surface area (Å²) in [5.74, 6) is -0.551. The van der Waals surface area contributed by atoms with Gasteiger partial charge in [0.25, 0.3) is 5.91 Å². The van der Waals surface area contributed by atoms with Crippen LogP contribution in [0.3, 0.4) is 0 Å². The summed E-state index contributed by atoms with van der Waals surface area (Å²) < 4.78 is 18.6. The van der Waals surface area contributed by atoms with Gasteiger partial charge in [-0.15, -0.1) is 0 Å². The number of halogens is 1. The first-order valence-corrected chi connectivity index (χ1v) is 10.1. The number of benzene rings is 2. The Morgan fingerprint density at radius 1 is 1.19 bits per heavy atom. The molecule has 7 nitrogen and oxygen atoms in total. The minimum atomic E-state index is -0.405. The highest BCUT2D eigenvalue weighted by Gasteiger charge is 2.21. The molecule has 4 rings (SSSR count). The van der Waals surface area contributed by atoms with E-state index in [1.165, 1.54) is 19.2 Å². The van der Waals surface area contributed by atoms with E-state index in [0.717, 1.165) is 24.8 Å². The number of aromatic amines is 1. The number of fused-ring (bicyclic) bond motifs is 1. The van der Waals surface area contributed by atoms with Gasteiger partial charge in [-0.25, -0.2) is 4.39 Å². The molecule has 0 bridgehead atoms. The van der Waals surface area contributed by atoms with Crippen LogP contribution in [0, 0.1) is 5.82 Å². The first-order valence-electron chi connectivity index (χ1n) is 10.1. The van der Waals surface area contributed by atoms with E-state index in [9.17, 15) is 14.0 Å². The van der Waals surface area contributed by atoms with Crippen molar-refractivity contribution in [2.24, 2.45) is 0 Å². The fraction of sp³-hybridized carbons (Fsp3) is 0.261. The van der Waals surface area contributed by atoms with Gasteiger partial charge in [-0.3, -0.25) is 14.7 Å². The van der Waals surface area contributed by atoms with Gasteiger partial charge in [0.05, 0.1) is 35.8 Å². The number of amides is 2. The maximum absolute atomic E-state index is 13.1. The zero-order valence-corrected chi connectivity index (χ0v) is 17.1. The number of nitrogens with zero attached hydrogens (tertiary/aromatic N) is 1. The Morgan fingerprint density at radius 3 is 2.65 bits per heavy atom. The summed E-state index contributed by atoms with van der Waals surface area (Å²) in [5, 5.41) is 13.4. The topological polar surface area (TPSA) is 96.1 Å². The molecule has 3 N–H and O–H groups in total. The predicted molar refractivity (Wildman–Crippen MR) is 116 cm³/mol. The van der Waals surface area contributed by atoms with Crippen LogP contribution in [0.1, 0.15) is 40.9 Å². The Morgan fingerprint density at radius 2 is 1.97 bits per heavy atom. The minimum Gasteiger partial charge on any atom is -0.495 e. The highest BCUT2D eigenvalue weighted by Crippen LogP contribution is 2.32. The number of methoxy groups -OCH3 is 1. The van der Waals surface area contributed by atoms with E-state index in [4.69, 9.17) is 4.74 Å². The van der Waals surface area contributed by atoms with Crippen LogP contribution >= 0.6 is 0 Å². The molecule has 0 radical (unpaired) electrons. The van der Waals surface area contributed by atoms with Crippen molar-refractivity contribution in [1.29, 1.82) is 0 Å². The molecule has 3 aromatic rings. The van der Waals surface area contributed by atoms with E-state index in [1.807, 2.05) is 0 Å². The van der Waals surface area contributed by atoms with Crippen LogP contribution in [0.4, 0.5) is 4.39 Å². The summed E-state index contributed by atoms with van der Waals surface area (Å²) in [6.07, 6.45) is 6.66. The Balaban J connectivity index is 1.55.